The summed E-state index contributed by atoms with van der Waals surface area (Å²) >= 11 is 2.07. The molecule has 2 atom stereocenters. The van der Waals surface area contributed by atoms with E-state index in [0.717, 1.165) is 56.1 Å². The number of hydrogen-bond acceptors (Lipinski definition) is 3. The number of hydrogen-bond donors (Lipinski definition) is 2. The molecule has 1 aliphatic heterocycles. The van der Waals surface area contributed by atoms with Crippen LogP contribution in [0.3, 0.4) is 0 Å². The molecule has 2 unspecified atom stereocenters. The van der Waals surface area contributed by atoms with E-state index >= 15 is 0 Å². The van der Waals surface area contributed by atoms with E-state index in [1.165, 1.54) is 19.3 Å². The minimum absolute atomic E-state index is 0. The van der Waals surface area contributed by atoms with E-state index < -0.39 is 0 Å². The van der Waals surface area contributed by atoms with E-state index in [4.69, 9.17) is 4.74 Å². The SMILES string of the molecule is CCSC1(CNC(=NC)NC2CC(C)CC(C)C2)CCOCC1.I. The average Bonchev–Trinajstić information content (AvgIpc) is 2.52. The van der Waals surface area contributed by atoms with Crippen LogP contribution < -0.4 is 10.6 Å². The fraction of sp³-hybridized carbons (Fsp3) is 0.944. The summed E-state index contributed by atoms with van der Waals surface area (Å²) < 4.78 is 5.87. The summed E-state index contributed by atoms with van der Waals surface area (Å²) in [6, 6.07) is 0.560. The first-order valence-electron chi connectivity index (χ1n) is 9.26. The molecule has 1 heterocycles. The molecule has 24 heavy (non-hydrogen) atoms. The Labute approximate surface area is 169 Å². The molecule has 0 radical (unpaired) electrons. The molecule has 2 rings (SSSR count). The molecule has 1 saturated carbocycles. The van der Waals surface area contributed by atoms with Gasteiger partial charge in [0, 0.05) is 37.6 Å². The van der Waals surface area contributed by atoms with E-state index in [2.05, 4.69) is 48.2 Å². The van der Waals surface area contributed by atoms with Crippen molar-refractivity contribution in [3.05, 3.63) is 0 Å². The lowest BCUT2D eigenvalue weighted by Gasteiger charge is -2.38. The summed E-state index contributed by atoms with van der Waals surface area (Å²) in [5.74, 6) is 3.75. The number of nitrogens with zero attached hydrogens (tertiary/aromatic N) is 1. The van der Waals surface area contributed by atoms with Crippen molar-refractivity contribution in [1.82, 2.24) is 10.6 Å². The van der Waals surface area contributed by atoms with Gasteiger partial charge in [-0.2, -0.15) is 11.8 Å². The van der Waals surface area contributed by atoms with Crippen molar-refractivity contribution in [3.8, 4) is 0 Å². The fourth-order valence-electron chi connectivity index (χ4n) is 4.12. The van der Waals surface area contributed by atoms with Crippen molar-refractivity contribution in [2.75, 3.05) is 32.6 Å². The Bertz CT molecular complexity index is 373. The smallest absolute Gasteiger partial charge is 0.191 e. The van der Waals surface area contributed by atoms with Crippen LogP contribution in [0.5, 0.6) is 0 Å². The third-order valence-electron chi connectivity index (χ3n) is 5.18. The molecule has 6 heteroatoms. The van der Waals surface area contributed by atoms with Crippen molar-refractivity contribution in [2.24, 2.45) is 16.8 Å². The van der Waals surface area contributed by atoms with Crippen molar-refractivity contribution in [1.29, 1.82) is 0 Å². The lowest BCUT2D eigenvalue weighted by molar-refractivity contribution is 0.0781. The number of halogens is 1. The van der Waals surface area contributed by atoms with Crippen LogP contribution >= 0.6 is 35.7 Å². The maximum atomic E-state index is 5.56. The summed E-state index contributed by atoms with van der Waals surface area (Å²) in [5.41, 5.74) is 0. The molecular weight excluding hydrogens is 433 g/mol. The predicted molar refractivity (Wildman–Crippen MR) is 117 cm³/mol. The maximum Gasteiger partial charge on any atom is 0.191 e. The Morgan fingerprint density at radius 2 is 1.79 bits per heavy atom. The van der Waals surface area contributed by atoms with Crippen LogP contribution in [-0.2, 0) is 4.74 Å². The minimum Gasteiger partial charge on any atom is -0.381 e. The lowest BCUT2D eigenvalue weighted by Crippen LogP contribution is -2.51. The summed E-state index contributed by atoms with van der Waals surface area (Å²) in [6.45, 7) is 9.74. The first-order chi connectivity index (χ1) is 11.1. The highest BCUT2D eigenvalue weighted by molar-refractivity contribution is 14.0. The van der Waals surface area contributed by atoms with E-state index in [1.54, 1.807) is 0 Å². The number of ether oxygens (including phenoxy) is 1. The highest BCUT2D eigenvalue weighted by Crippen LogP contribution is 2.34. The molecule has 1 aliphatic carbocycles. The number of thioether (sulfide) groups is 1. The number of nitrogens with one attached hydrogen (secondary N) is 2. The molecule has 142 valence electrons. The molecule has 4 nitrogen and oxygen atoms in total. The fourth-order valence-corrected chi connectivity index (χ4v) is 5.36. The molecule has 0 amide bonds. The zero-order valence-electron chi connectivity index (χ0n) is 15.8. The van der Waals surface area contributed by atoms with Gasteiger partial charge in [-0.05, 0) is 49.7 Å². The largest absolute Gasteiger partial charge is 0.381 e. The topological polar surface area (TPSA) is 45.7 Å². The van der Waals surface area contributed by atoms with Gasteiger partial charge in [-0.1, -0.05) is 20.8 Å². The third-order valence-corrected chi connectivity index (χ3v) is 6.63. The first kappa shape index (κ1) is 22.4. The van der Waals surface area contributed by atoms with Crippen molar-refractivity contribution < 1.29 is 4.74 Å². The quantitative estimate of drug-likeness (QED) is 0.364. The minimum atomic E-state index is 0. The van der Waals surface area contributed by atoms with E-state index in [-0.39, 0.29) is 24.0 Å². The molecule has 0 spiro atoms. The Kier molecular flexibility index (Phi) is 10.4. The van der Waals surface area contributed by atoms with Gasteiger partial charge >= 0.3 is 0 Å². The van der Waals surface area contributed by atoms with Gasteiger partial charge in [0.2, 0.25) is 0 Å². The molecule has 0 aromatic heterocycles. The Morgan fingerprint density at radius 1 is 1.17 bits per heavy atom. The summed E-state index contributed by atoms with van der Waals surface area (Å²) in [4.78, 5) is 4.46. The molecule has 0 aromatic carbocycles. The van der Waals surface area contributed by atoms with Crippen LogP contribution in [0, 0.1) is 11.8 Å². The second-order valence-electron chi connectivity index (χ2n) is 7.41. The molecule has 2 aliphatic rings. The summed E-state index contributed by atoms with van der Waals surface area (Å²) in [7, 11) is 1.88. The zero-order valence-corrected chi connectivity index (χ0v) is 18.9. The lowest BCUT2D eigenvalue weighted by atomic mass is 9.80. The highest BCUT2D eigenvalue weighted by atomic mass is 127. The Balaban J connectivity index is 0.00000288. The van der Waals surface area contributed by atoms with Gasteiger partial charge in [0.05, 0.1) is 0 Å². The second-order valence-corrected chi connectivity index (χ2v) is 9.14. The van der Waals surface area contributed by atoms with Gasteiger partial charge in [0.15, 0.2) is 5.96 Å². The van der Waals surface area contributed by atoms with Gasteiger partial charge < -0.3 is 15.4 Å². The molecule has 0 bridgehead atoms. The van der Waals surface area contributed by atoms with Crippen LogP contribution in [0.25, 0.3) is 0 Å². The number of aliphatic imine (C=N–C) groups is 1. The molecule has 0 aromatic rings. The van der Waals surface area contributed by atoms with Crippen LogP contribution in [0.15, 0.2) is 4.99 Å². The van der Waals surface area contributed by atoms with E-state index in [1.807, 2.05) is 7.05 Å². The average molecular weight is 469 g/mol. The van der Waals surface area contributed by atoms with Gasteiger partial charge in [0.25, 0.3) is 0 Å². The van der Waals surface area contributed by atoms with Crippen LogP contribution in [0.1, 0.15) is 52.9 Å². The normalized spacial score (nSPS) is 30.3. The Hall–Kier alpha value is 0.310. The number of rotatable bonds is 5. The van der Waals surface area contributed by atoms with Crippen molar-refractivity contribution in [3.63, 3.8) is 0 Å². The van der Waals surface area contributed by atoms with Crippen LogP contribution in [0.4, 0.5) is 0 Å². The van der Waals surface area contributed by atoms with Gasteiger partial charge in [-0.3, -0.25) is 4.99 Å². The summed E-state index contributed by atoms with van der Waals surface area (Å²) in [6.07, 6.45) is 6.14. The van der Waals surface area contributed by atoms with Crippen LogP contribution in [-0.4, -0.2) is 49.3 Å². The zero-order chi connectivity index (χ0) is 16.7. The van der Waals surface area contributed by atoms with E-state index in [0.29, 0.717) is 10.8 Å². The third kappa shape index (κ3) is 6.90. The first-order valence-corrected chi connectivity index (χ1v) is 10.2. The Morgan fingerprint density at radius 3 is 2.33 bits per heavy atom. The molecule has 2 fully saturated rings. The van der Waals surface area contributed by atoms with Crippen LogP contribution in [0.2, 0.25) is 0 Å². The maximum absolute atomic E-state index is 5.56. The number of guanidine groups is 1. The van der Waals surface area contributed by atoms with Crippen molar-refractivity contribution >= 4 is 41.7 Å². The van der Waals surface area contributed by atoms with Gasteiger partial charge in [0.1, 0.15) is 0 Å². The van der Waals surface area contributed by atoms with E-state index in [9.17, 15) is 0 Å². The second kappa shape index (κ2) is 11.1. The monoisotopic (exact) mass is 469 g/mol. The van der Waals surface area contributed by atoms with Gasteiger partial charge in [-0.15, -0.1) is 24.0 Å². The van der Waals surface area contributed by atoms with Gasteiger partial charge in [-0.25, -0.2) is 0 Å². The highest BCUT2D eigenvalue weighted by Gasteiger charge is 2.33. The molecular formula is C18H36IN3OS. The van der Waals surface area contributed by atoms with Crippen molar-refractivity contribution in [2.45, 2.75) is 63.7 Å². The summed E-state index contributed by atoms with van der Waals surface area (Å²) in [5, 5.41) is 7.27. The predicted octanol–water partition coefficient (Wildman–Crippen LogP) is 3.90. The molecule has 2 N–H and O–H groups in total. The standard InChI is InChI=1S/C18H35N3OS.HI/c1-5-23-18(6-8-22-9-7-18)13-20-17(19-4)21-16-11-14(2)10-15(3)12-16;/h14-16H,5-13H2,1-4H3,(H2,19,20,21);1H. The molecule has 1 saturated heterocycles.